The first kappa shape index (κ1) is 23.9. The van der Waals surface area contributed by atoms with Gasteiger partial charge in [0.15, 0.2) is 5.96 Å². The molecule has 162 valence electrons. The molecule has 2 fully saturated rings. The van der Waals surface area contributed by atoms with Gasteiger partial charge in [0.1, 0.15) is 6.54 Å². The van der Waals surface area contributed by atoms with Gasteiger partial charge in [-0.25, -0.2) is 4.99 Å². The molecular weight excluding hydrogens is 477 g/mol. The molecule has 0 aromatic heterocycles. The van der Waals surface area contributed by atoms with Crippen molar-refractivity contribution in [2.24, 2.45) is 4.99 Å². The van der Waals surface area contributed by atoms with E-state index < -0.39 is 0 Å². The van der Waals surface area contributed by atoms with Crippen LogP contribution in [0.2, 0.25) is 0 Å². The van der Waals surface area contributed by atoms with E-state index in [9.17, 15) is 4.79 Å². The largest absolute Gasteiger partial charge is 0.357 e. The first-order chi connectivity index (χ1) is 13.7. The zero-order valence-electron chi connectivity index (χ0n) is 17.8. The summed E-state index contributed by atoms with van der Waals surface area (Å²) < 4.78 is 0. The topological polar surface area (TPSA) is 60.0 Å². The number of likely N-dealkylation sites (tertiary alicyclic amines) is 2. The van der Waals surface area contributed by atoms with E-state index in [1.54, 1.807) is 0 Å². The van der Waals surface area contributed by atoms with Crippen LogP contribution < -0.4 is 10.6 Å². The number of hydrogen-bond donors (Lipinski definition) is 2. The first-order valence-electron chi connectivity index (χ1n) is 10.8. The highest BCUT2D eigenvalue weighted by atomic mass is 127. The van der Waals surface area contributed by atoms with Crippen molar-refractivity contribution in [3.63, 3.8) is 0 Å². The van der Waals surface area contributed by atoms with Gasteiger partial charge in [-0.15, -0.1) is 24.0 Å². The van der Waals surface area contributed by atoms with E-state index in [2.05, 4.69) is 58.6 Å². The lowest BCUT2D eigenvalue weighted by Gasteiger charge is -2.29. The van der Waals surface area contributed by atoms with Crippen molar-refractivity contribution in [3.8, 4) is 0 Å². The van der Waals surface area contributed by atoms with Gasteiger partial charge in [-0.2, -0.15) is 0 Å². The van der Waals surface area contributed by atoms with Crippen molar-refractivity contribution < 1.29 is 4.79 Å². The minimum atomic E-state index is 0. The van der Waals surface area contributed by atoms with Crippen LogP contribution in [0.25, 0.3) is 0 Å². The second-order valence-corrected chi connectivity index (χ2v) is 7.83. The molecular formula is C22H36IN5O. The summed E-state index contributed by atoms with van der Waals surface area (Å²) in [6, 6.07) is 9.17. The number of halogens is 1. The number of benzene rings is 1. The second kappa shape index (κ2) is 12.4. The average Bonchev–Trinajstić information content (AvgIpc) is 3.41. The van der Waals surface area contributed by atoms with Gasteiger partial charge in [-0.3, -0.25) is 9.69 Å². The third kappa shape index (κ3) is 7.13. The number of aryl methyl sites for hydroxylation is 1. The Bertz CT molecular complexity index is 652. The molecule has 0 saturated carbocycles. The van der Waals surface area contributed by atoms with E-state index in [1.807, 2.05) is 4.90 Å². The Morgan fingerprint density at radius 2 is 1.66 bits per heavy atom. The number of aliphatic imine (C=N–C) groups is 1. The lowest BCUT2D eigenvalue weighted by atomic mass is 10.0. The fourth-order valence-corrected chi connectivity index (χ4v) is 4.05. The highest BCUT2D eigenvalue weighted by molar-refractivity contribution is 14.0. The van der Waals surface area contributed by atoms with Crippen molar-refractivity contribution in [3.05, 3.63) is 35.4 Å². The summed E-state index contributed by atoms with van der Waals surface area (Å²) in [5, 5.41) is 6.77. The van der Waals surface area contributed by atoms with Crippen LogP contribution in [-0.2, 0) is 4.79 Å². The number of nitrogens with one attached hydrogen (secondary N) is 2. The molecule has 1 unspecified atom stereocenters. The molecule has 2 N–H and O–H groups in total. The Labute approximate surface area is 192 Å². The molecule has 1 aromatic rings. The molecule has 7 heteroatoms. The lowest BCUT2D eigenvalue weighted by molar-refractivity contribution is -0.128. The van der Waals surface area contributed by atoms with Crippen LogP contribution in [0.3, 0.4) is 0 Å². The van der Waals surface area contributed by atoms with Crippen LogP contribution in [-0.4, -0.2) is 67.5 Å². The van der Waals surface area contributed by atoms with Gasteiger partial charge in [0.05, 0.1) is 6.04 Å². The van der Waals surface area contributed by atoms with Crippen molar-refractivity contribution in [1.82, 2.24) is 20.4 Å². The Balaban J connectivity index is 0.00000300. The van der Waals surface area contributed by atoms with Gasteiger partial charge in [-0.05, 0) is 58.2 Å². The Hall–Kier alpha value is -1.35. The standard InChI is InChI=1S/C22H35N5O.HI/c1-3-23-22(25-17-21(28)27-14-6-7-15-27)24-16-20(26-12-4-5-13-26)19-10-8-18(2)9-11-19;/h8-11,20H,3-7,12-17H2,1-2H3,(H2,23,24,25);1H. The molecule has 0 aliphatic carbocycles. The predicted octanol–water partition coefficient (Wildman–Crippen LogP) is 2.93. The van der Waals surface area contributed by atoms with Crippen molar-refractivity contribution in [2.75, 3.05) is 45.8 Å². The summed E-state index contributed by atoms with van der Waals surface area (Å²) in [6.07, 6.45) is 4.76. The fraction of sp³-hybridized carbons (Fsp3) is 0.636. The van der Waals surface area contributed by atoms with Crippen LogP contribution in [0, 0.1) is 6.92 Å². The Morgan fingerprint density at radius 1 is 1.03 bits per heavy atom. The van der Waals surface area contributed by atoms with Crippen molar-refractivity contribution in [2.45, 2.75) is 45.6 Å². The molecule has 3 rings (SSSR count). The van der Waals surface area contributed by atoms with Gasteiger partial charge >= 0.3 is 0 Å². The predicted molar refractivity (Wildman–Crippen MR) is 130 cm³/mol. The Morgan fingerprint density at radius 3 is 2.28 bits per heavy atom. The third-order valence-corrected chi connectivity index (χ3v) is 5.68. The molecule has 2 heterocycles. The summed E-state index contributed by atoms with van der Waals surface area (Å²) in [5.41, 5.74) is 2.62. The van der Waals surface area contributed by atoms with Gasteiger partial charge < -0.3 is 15.5 Å². The highest BCUT2D eigenvalue weighted by Gasteiger charge is 2.24. The lowest BCUT2D eigenvalue weighted by Crippen LogP contribution is -2.43. The maximum atomic E-state index is 12.3. The molecule has 1 atom stereocenters. The quantitative estimate of drug-likeness (QED) is 0.335. The highest BCUT2D eigenvalue weighted by Crippen LogP contribution is 2.24. The van der Waals surface area contributed by atoms with Crippen LogP contribution >= 0.6 is 24.0 Å². The number of hydrogen-bond acceptors (Lipinski definition) is 3. The van der Waals surface area contributed by atoms with Crippen LogP contribution in [0.5, 0.6) is 0 Å². The molecule has 0 radical (unpaired) electrons. The van der Waals surface area contributed by atoms with Gasteiger partial charge in [0.2, 0.25) is 5.91 Å². The van der Waals surface area contributed by atoms with Gasteiger partial charge in [0.25, 0.3) is 0 Å². The monoisotopic (exact) mass is 513 g/mol. The van der Waals surface area contributed by atoms with E-state index in [4.69, 9.17) is 0 Å². The molecule has 0 spiro atoms. The maximum Gasteiger partial charge on any atom is 0.244 e. The number of carbonyl (C=O) groups is 1. The number of amides is 1. The second-order valence-electron chi connectivity index (χ2n) is 7.83. The smallest absolute Gasteiger partial charge is 0.244 e. The average molecular weight is 513 g/mol. The van der Waals surface area contributed by atoms with E-state index >= 15 is 0 Å². The van der Waals surface area contributed by atoms with Crippen molar-refractivity contribution in [1.29, 1.82) is 0 Å². The summed E-state index contributed by atoms with van der Waals surface area (Å²) in [7, 11) is 0. The van der Waals surface area contributed by atoms with E-state index in [1.165, 1.54) is 24.0 Å². The van der Waals surface area contributed by atoms with E-state index in [-0.39, 0.29) is 36.4 Å². The SMILES string of the molecule is CCNC(=NCC(=O)N1CCCC1)NCC(c1ccc(C)cc1)N1CCCC1.I. The van der Waals surface area contributed by atoms with Gasteiger partial charge in [0, 0.05) is 26.2 Å². The molecule has 0 bridgehead atoms. The molecule has 29 heavy (non-hydrogen) atoms. The molecule has 2 aliphatic heterocycles. The zero-order valence-corrected chi connectivity index (χ0v) is 20.2. The number of nitrogens with zero attached hydrogens (tertiary/aromatic N) is 3. The molecule has 6 nitrogen and oxygen atoms in total. The zero-order chi connectivity index (χ0) is 19.8. The summed E-state index contributed by atoms with van der Waals surface area (Å²) in [6.45, 7) is 10.00. The molecule has 1 amide bonds. The number of carbonyl (C=O) groups excluding carboxylic acids is 1. The maximum absolute atomic E-state index is 12.3. The van der Waals surface area contributed by atoms with Crippen LogP contribution in [0.1, 0.15) is 49.8 Å². The number of rotatable bonds is 7. The summed E-state index contributed by atoms with van der Waals surface area (Å²) in [5.74, 6) is 0.857. The third-order valence-electron chi connectivity index (χ3n) is 5.68. The van der Waals surface area contributed by atoms with E-state index in [0.717, 1.165) is 58.1 Å². The normalized spacial score (nSPS) is 18.4. The van der Waals surface area contributed by atoms with Crippen molar-refractivity contribution >= 4 is 35.8 Å². The van der Waals surface area contributed by atoms with Gasteiger partial charge in [-0.1, -0.05) is 29.8 Å². The summed E-state index contributed by atoms with van der Waals surface area (Å²) >= 11 is 0. The summed E-state index contributed by atoms with van der Waals surface area (Å²) in [4.78, 5) is 21.3. The number of guanidine groups is 1. The van der Waals surface area contributed by atoms with Crippen LogP contribution in [0.15, 0.2) is 29.3 Å². The molecule has 2 saturated heterocycles. The Kier molecular flexibility index (Phi) is 10.2. The van der Waals surface area contributed by atoms with E-state index in [0.29, 0.717) is 6.04 Å². The fourth-order valence-electron chi connectivity index (χ4n) is 4.05. The minimum absolute atomic E-state index is 0. The molecule has 2 aliphatic rings. The first-order valence-corrected chi connectivity index (χ1v) is 10.8. The molecule has 1 aromatic carbocycles. The minimum Gasteiger partial charge on any atom is -0.357 e. The van der Waals surface area contributed by atoms with Crippen LogP contribution in [0.4, 0.5) is 0 Å².